The van der Waals surface area contributed by atoms with E-state index in [4.69, 9.17) is 0 Å². The van der Waals surface area contributed by atoms with Gasteiger partial charge in [0.2, 0.25) is 5.91 Å². The van der Waals surface area contributed by atoms with Crippen molar-refractivity contribution in [1.29, 1.82) is 0 Å². The molecule has 1 aliphatic rings. The number of methoxy groups -OCH3 is 1. The highest BCUT2D eigenvalue weighted by atomic mass is 16.5. The lowest BCUT2D eigenvalue weighted by atomic mass is 9.93. The van der Waals surface area contributed by atoms with Crippen LogP contribution in [0.1, 0.15) is 51.9 Å². The van der Waals surface area contributed by atoms with E-state index in [1.54, 1.807) is 4.90 Å². The van der Waals surface area contributed by atoms with Crippen molar-refractivity contribution in [3.63, 3.8) is 0 Å². The predicted molar refractivity (Wildman–Crippen MR) is 104 cm³/mol. The summed E-state index contributed by atoms with van der Waals surface area (Å²) in [5, 5.41) is 0. The Kier molecular flexibility index (Phi) is 6.99. The maximum Gasteiger partial charge on any atom is 0.306 e. The van der Waals surface area contributed by atoms with Gasteiger partial charge in [-0.25, -0.2) is 0 Å². The number of carbonyl (C=O) groups is 3. The summed E-state index contributed by atoms with van der Waals surface area (Å²) in [4.78, 5) is 40.4. The Morgan fingerprint density at radius 1 is 0.889 bits per heavy atom. The molecular formula is C21H30N2O4. The number of rotatable bonds is 4. The molecule has 0 atom stereocenters. The van der Waals surface area contributed by atoms with Gasteiger partial charge in [0.25, 0.3) is 5.91 Å². The Hall–Kier alpha value is -2.37. The summed E-state index contributed by atoms with van der Waals surface area (Å²) < 4.78 is 4.59. The van der Waals surface area contributed by atoms with Crippen LogP contribution in [0.4, 0.5) is 0 Å². The first-order valence-corrected chi connectivity index (χ1v) is 9.47. The Morgan fingerprint density at radius 2 is 1.44 bits per heavy atom. The molecule has 0 unspecified atom stereocenters. The third-order valence-electron chi connectivity index (χ3n) is 5.49. The zero-order valence-electron chi connectivity index (χ0n) is 17.1. The lowest BCUT2D eigenvalue weighted by molar-refractivity contribution is -0.143. The second-order valence-electron chi connectivity index (χ2n) is 7.24. The lowest BCUT2D eigenvalue weighted by Gasteiger charge is -2.24. The number of benzene rings is 1. The second-order valence-corrected chi connectivity index (χ2v) is 7.24. The monoisotopic (exact) mass is 374 g/mol. The van der Waals surface area contributed by atoms with Crippen LogP contribution < -0.4 is 0 Å². The third-order valence-corrected chi connectivity index (χ3v) is 5.49. The summed E-state index contributed by atoms with van der Waals surface area (Å²) in [5.74, 6) is -0.398. The highest BCUT2D eigenvalue weighted by Gasteiger charge is 2.25. The molecule has 0 bridgehead atoms. The van der Waals surface area contributed by atoms with Gasteiger partial charge in [0.15, 0.2) is 0 Å². The summed E-state index contributed by atoms with van der Waals surface area (Å²) in [7, 11) is 1.32. The van der Waals surface area contributed by atoms with Crippen LogP contribution in [0.3, 0.4) is 0 Å². The Bertz CT molecular complexity index is 716. The minimum Gasteiger partial charge on any atom is -0.469 e. The van der Waals surface area contributed by atoms with Crippen LogP contribution in [0.25, 0.3) is 0 Å². The second kappa shape index (κ2) is 9.02. The van der Waals surface area contributed by atoms with E-state index < -0.39 is 0 Å². The van der Waals surface area contributed by atoms with Crippen LogP contribution in [0.2, 0.25) is 0 Å². The number of hydrogen-bond acceptors (Lipinski definition) is 4. The van der Waals surface area contributed by atoms with Gasteiger partial charge in [0.1, 0.15) is 0 Å². The fraction of sp³-hybridized carbons (Fsp3) is 0.571. The summed E-state index contributed by atoms with van der Waals surface area (Å²) in [6.45, 7) is 10.3. The fourth-order valence-electron chi connectivity index (χ4n) is 3.53. The molecule has 1 fully saturated rings. The predicted octanol–water partition coefficient (Wildman–Crippen LogP) is 2.55. The fourth-order valence-corrected chi connectivity index (χ4v) is 3.53. The average molecular weight is 374 g/mol. The quantitative estimate of drug-likeness (QED) is 0.760. The minimum atomic E-state index is -0.379. The normalized spacial score (nSPS) is 14.7. The van der Waals surface area contributed by atoms with Gasteiger partial charge in [-0.3, -0.25) is 14.4 Å². The number of aryl methyl sites for hydroxylation is 2. The van der Waals surface area contributed by atoms with E-state index in [2.05, 4.69) is 10.8 Å². The Labute approximate surface area is 161 Å². The van der Waals surface area contributed by atoms with Crippen molar-refractivity contribution in [2.75, 3.05) is 33.3 Å². The molecule has 0 saturated carbocycles. The summed E-state index contributed by atoms with van der Waals surface area (Å²) in [6, 6.07) is 2.12. The molecule has 0 spiro atoms. The summed E-state index contributed by atoms with van der Waals surface area (Å²) >= 11 is 0. The maximum absolute atomic E-state index is 13.2. The smallest absolute Gasteiger partial charge is 0.306 e. The van der Waals surface area contributed by atoms with E-state index in [1.807, 2.05) is 32.6 Å². The van der Waals surface area contributed by atoms with Gasteiger partial charge in [-0.05, 0) is 56.4 Å². The highest BCUT2D eigenvalue weighted by Crippen LogP contribution is 2.23. The Morgan fingerprint density at radius 3 is 2.04 bits per heavy atom. The standard InChI is InChI=1S/C21H30N2O4/c1-14-13-15(2)17(4)20(16(14)3)21(26)23-10-6-9-22(11-12-23)18(24)7-8-19(25)27-5/h13H,6-12H2,1-5H3. The van der Waals surface area contributed by atoms with Crippen LogP contribution >= 0.6 is 0 Å². The first kappa shape index (κ1) is 20.9. The van der Waals surface area contributed by atoms with Crippen molar-refractivity contribution in [1.82, 2.24) is 9.80 Å². The van der Waals surface area contributed by atoms with Crippen molar-refractivity contribution in [3.05, 3.63) is 33.9 Å². The van der Waals surface area contributed by atoms with E-state index in [1.165, 1.54) is 7.11 Å². The van der Waals surface area contributed by atoms with Crippen molar-refractivity contribution < 1.29 is 19.1 Å². The molecular weight excluding hydrogens is 344 g/mol. The maximum atomic E-state index is 13.2. The molecule has 1 heterocycles. The first-order valence-electron chi connectivity index (χ1n) is 9.47. The minimum absolute atomic E-state index is 0.0423. The van der Waals surface area contributed by atoms with Crippen molar-refractivity contribution >= 4 is 17.8 Å². The zero-order valence-corrected chi connectivity index (χ0v) is 17.1. The number of esters is 1. The van der Waals surface area contributed by atoms with Gasteiger partial charge < -0.3 is 14.5 Å². The van der Waals surface area contributed by atoms with Crippen LogP contribution in [-0.2, 0) is 14.3 Å². The topological polar surface area (TPSA) is 66.9 Å². The van der Waals surface area contributed by atoms with Gasteiger partial charge >= 0.3 is 5.97 Å². The molecule has 6 nitrogen and oxygen atoms in total. The molecule has 6 heteroatoms. The molecule has 0 aromatic heterocycles. The number of hydrogen-bond donors (Lipinski definition) is 0. The molecule has 2 amide bonds. The number of carbonyl (C=O) groups excluding carboxylic acids is 3. The Balaban J connectivity index is 2.07. The molecule has 1 aromatic rings. The van der Waals surface area contributed by atoms with Crippen LogP contribution in [0, 0.1) is 27.7 Å². The highest BCUT2D eigenvalue weighted by molar-refractivity contribution is 5.98. The largest absolute Gasteiger partial charge is 0.469 e. The first-order chi connectivity index (χ1) is 12.8. The lowest BCUT2D eigenvalue weighted by Crippen LogP contribution is -2.38. The average Bonchev–Trinajstić information content (AvgIpc) is 2.90. The van der Waals surface area contributed by atoms with E-state index in [0.717, 1.165) is 34.2 Å². The van der Waals surface area contributed by atoms with Gasteiger partial charge in [0.05, 0.1) is 13.5 Å². The molecule has 0 aliphatic carbocycles. The van der Waals surface area contributed by atoms with Crippen molar-refractivity contribution in [2.45, 2.75) is 47.0 Å². The molecule has 27 heavy (non-hydrogen) atoms. The molecule has 0 radical (unpaired) electrons. The SMILES string of the molecule is COC(=O)CCC(=O)N1CCCN(C(=O)c2c(C)c(C)cc(C)c2C)CC1. The number of nitrogens with zero attached hydrogens (tertiary/aromatic N) is 2. The van der Waals surface area contributed by atoms with Gasteiger partial charge in [0, 0.05) is 38.2 Å². The number of ether oxygens (including phenoxy) is 1. The zero-order chi connectivity index (χ0) is 20.1. The van der Waals surface area contributed by atoms with Gasteiger partial charge in [-0.2, -0.15) is 0 Å². The molecule has 1 saturated heterocycles. The van der Waals surface area contributed by atoms with Crippen LogP contribution in [0.5, 0.6) is 0 Å². The molecule has 0 N–H and O–H groups in total. The van der Waals surface area contributed by atoms with E-state index in [-0.39, 0.29) is 30.6 Å². The molecule has 148 valence electrons. The summed E-state index contributed by atoms with van der Waals surface area (Å²) in [5.41, 5.74) is 5.08. The van der Waals surface area contributed by atoms with Crippen molar-refractivity contribution in [2.24, 2.45) is 0 Å². The van der Waals surface area contributed by atoms with Crippen LogP contribution in [0.15, 0.2) is 6.07 Å². The molecule has 1 aliphatic heterocycles. The van der Waals surface area contributed by atoms with Gasteiger partial charge in [-0.15, -0.1) is 0 Å². The number of amides is 2. The molecule has 2 rings (SSSR count). The van der Waals surface area contributed by atoms with E-state index in [0.29, 0.717) is 26.2 Å². The van der Waals surface area contributed by atoms with Crippen LogP contribution in [-0.4, -0.2) is 60.9 Å². The summed E-state index contributed by atoms with van der Waals surface area (Å²) in [6.07, 6.45) is 0.976. The van der Waals surface area contributed by atoms with E-state index in [9.17, 15) is 14.4 Å². The van der Waals surface area contributed by atoms with Gasteiger partial charge in [-0.1, -0.05) is 6.07 Å². The third kappa shape index (κ3) is 4.87. The molecule has 1 aromatic carbocycles. The van der Waals surface area contributed by atoms with Crippen molar-refractivity contribution in [3.8, 4) is 0 Å². The van der Waals surface area contributed by atoms with E-state index >= 15 is 0 Å².